The Morgan fingerprint density at radius 2 is 1.86 bits per heavy atom. The standard InChI is InChI=1S/C21H28Cl2N4O2/c1-21(2,3)24-20(28)14-27-8-4-7-26(9-10-27)13-16-12-19(25-29-16)17-6-5-15(22)11-18(17)23/h5-6,11-12H,4,7-10,13-14H2,1-3H3,(H,24,28). The highest BCUT2D eigenvalue weighted by molar-refractivity contribution is 6.36. The summed E-state index contributed by atoms with van der Waals surface area (Å²) in [5, 5.41) is 8.33. The summed E-state index contributed by atoms with van der Waals surface area (Å²) in [4.78, 5) is 16.7. The van der Waals surface area contributed by atoms with E-state index in [2.05, 4.69) is 20.3 Å². The molecule has 0 aliphatic carbocycles. The van der Waals surface area contributed by atoms with Crippen LogP contribution in [0.15, 0.2) is 28.8 Å². The van der Waals surface area contributed by atoms with Crippen LogP contribution in [-0.4, -0.2) is 59.1 Å². The molecular formula is C21H28Cl2N4O2. The molecule has 2 aromatic rings. The lowest BCUT2D eigenvalue weighted by atomic mass is 10.1. The predicted molar refractivity (Wildman–Crippen MR) is 116 cm³/mol. The molecule has 0 bridgehead atoms. The van der Waals surface area contributed by atoms with Crippen molar-refractivity contribution >= 4 is 29.1 Å². The SMILES string of the molecule is CC(C)(C)NC(=O)CN1CCCN(Cc2cc(-c3ccc(Cl)cc3Cl)no2)CC1. The molecule has 158 valence electrons. The summed E-state index contributed by atoms with van der Waals surface area (Å²) in [6, 6.07) is 7.26. The van der Waals surface area contributed by atoms with Crippen molar-refractivity contribution in [2.24, 2.45) is 0 Å². The van der Waals surface area contributed by atoms with Crippen molar-refractivity contribution < 1.29 is 9.32 Å². The molecule has 0 spiro atoms. The molecule has 1 N–H and O–H groups in total. The fraction of sp³-hybridized carbons (Fsp3) is 0.524. The fourth-order valence-corrected chi connectivity index (χ4v) is 3.94. The van der Waals surface area contributed by atoms with Crippen molar-refractivity contribution in [1.82, 2.24) is 20.3 Å². The summed E-state index contributed by atoms with van der Waals surface area (Å²) in [6.07, 6.45) is 1.01. The number of halogens is 2. The van der Waals surface area contributed by atoms with Gasteiger partial charge in [0.05, 0.1) is 18.1 Å². The summed E-state index contributed by atoms with van der Waals surface area (Å²) in [5.74, 6) is 0.871. The molecule has 1 fully saturated rings. The maximum absolute atomic E-state index is 12.2. The Balaban J connectivity index is 1.54. The first kappa shape index (κ1) is 22.1. The third-order valence-corrected chi connectivity index (χ3v) is 5.26. The molecule has 3 rings (SSSR count). The number of hydrogen-bond acceptors (Lipinski definition) is 5. The van der Waals surface area contributed by atoms with E-state index in [0.29, 0.717) is 28.8 Å². The molecule has 6 nitrogen and oxygen atoms in total. The number of carbonyl (C=O) groups is 1. The van der Waals surface area contributed by atoms with Crippen LogP contribution < -0.4 is 5.32 Å². The minimum Gasteiger partial charge on any atom is -0.359 e. The van der Waals surface area contributed by atoms with Gasteiger partial charge in [-0.05, 0) is 58.5 Å². The molecule has 1 aromatic carbocycles. The minimum absolute atomic E-state index is 0.0747. The van der Waals surface area contributed by atoms with Gasteiger partial charge < -0.3 is 9.84 Å². The highest BCUT2D eigenvalue weighted by Gasteiger charge is 2.21. The monoisotopic (exact) mass is 438 g/mol. The van der Waals surface area contributed by atoms with Crippen molar-refractivity contribution in [3.05, 3.63) is 40.1 Å². The topological polar surface area (TPSA) is 61.6 Å². The molecule has 1 aliphatic heterocycles. The lowest BCUT2D eigenvalue weighted by Crippen LogP contribution is -2.46. The van der Waals surface area contributed by atoms with Crippen molar-refractivity contribution in [3.63, 3.8) is 0 Å². The van der Waals surface area contributed by atoms with E-state index < -0.39 is 0 Å². The van der Waals surface area contributed by atoms with Gasteiger partial charge >= 0.3 is 0 Å². The molecule has 1 aromatic heterocycles. The van der Waals surface area contributed by atoms with Crippen LogP contribution in [0.3, 0.4) is 0 Å². The molecule has 0 radical (unpaired) electrons. The van der Waals surface area contributed by atoms with Gasteiger partial charge in [-0.15, -0.1) is 0 Å². The quantitative estimate of drug-likeness (QED) is 0.761. The van der Waals surface area contributed by atoms with Crippen molar-refractivity contribution in [2.75, 3.05) is 32.7 Å². The van der Waals surface area contributed by atoms with E-state index >= 15 is 0 Å². The van der Waals surface area contributed by atoms with Gasteiger partial charge in [0.2, 0.25) is 5.91 Å². The average Bonchev–Trinajstić information content (AvgIpc) is 2.94. The summed E-state index contributed by atoms with van der Waals surface area (Å²) in [6.45, 7) is 10.7. The smallest absolute Gasteiger partial charge is 0.234 e. The van der Waals surface area contributed by atoms with Gasteiger partial charge in [0.25, 0.3) is 0 Å². The van der Waals surface area contributed by atoms with Crippen molar-refractivity contribution in [3.8, 4) is 11.3 Å². The summed E-state index contributed by atoms with van der Waals surface area (Å²) < 4.78 is 5.53. The Morgan fingerprint density at radius 3 is 2.59 bits per heavy atom. The second kappa shape index (κ2) is 9.47. The zero-order valence-electron chi connectivity index (χ0n) is 17.2. The van der Waals surface area contributed by atoms with Crippen molar-refractivity contribution in [2.45, 2.75) is 39.3 Å². The van der Waals surface area contributed by atoms with Crippen LogP contribution >= 0.6 is 23.2 Å². The largest absolute Gasteiger partial charge is 0.359 e. The molecule has 0 atom stereocenters. The second-order valence-corrected chi connectivity index (χ2v) is 9.35. The first-order chi connectivity index (χ1) is 13.7. The Labute approximate surface area is 182 Å². The molecule has 0 saturated carbocycles. The summed E-state index contributed by atoms with van der Waals surface area (Å²) in [5.41, 5.74) is 1.31. The molecule has 29 heavy (non-hydrogen) atoms. The zero-order chi connectivity index (χ0) is 21.0. The van der Waals surface area contributed by atoms with Gasteiger partial charge in [-0.3, -0.25) is 14.6 Å². The number of benzene rings is 1. The zero-order valence-corrected chi connectivity index (χ0v) is 18.7. The molecule has 1 saturated heterocycles. The van der Waals surface area contributed by atoms with Gasteiger partial charge in [-0.2, -0.15) is 0 Å². The van der Waals surface area contributed by atoms with Crippen LogP contribution in [0.1, 0.15) is 33.0 Å². The number of hydrogen-bond donors (Lipinski definition) is 1. The molecule has 0 unspecified atom stereocenters. The Kier molecular flexibility index (Phi) is 7.22. The number of nitrogens with zero attached hydrogens (tertiary/aromatic N) is 3. The lowest BCUT2D eigenvalue weighted by molar-refractivity contribution is -0.123. The summed E-state index contributed by atoms with van der Waals surface area (Å²) >= 11 is 12.2. The van der Waals surface area contributed by atoms with E-state index in [-0.39, 0.29) is 11.4 Å². The third kappa shape index (κ3) is 6.71. The predicted octanol–water partition coefficient (Wildman–Crippen LogP) is 4.07. The Bertz CT molecular complexity index is 847. The van der Waals surface area contributed by atoms with Crippen molar-refractivity contribution in [1.29, 1.82) is 0 Å². The highest BCUT2D eigenvalue weighted by atomic mass is 35.5. The number of nitrogens with one attached hydrogen (secondary N) is 1. The van der Waals surface area contributed by atoms with E-state index in [1.165, 1.54) is 0 Å². The van der Waals surface area contributed by atoms with E-state index in [9.17, 15) is 4.79 Å². The van der Waals surface area contributed by atoms with E-state index in [1.54, 1.807) is 12.1 Å². The Morgan fingerprint density at radius 1 is 1.14 bits per heavy atom. The average molecular weight is 439 g/mol. The number of carbonyl (C=O) groups excluding carboxylic acids is 1. The maximum Gasteiger partial charge on any atom is 0.234 e. The van der Waals surface area contributed by atoms with Gasteiger partial charge in [0.15, 0.2) is 5.76 Å². The van der Waals surface area contributed by atoms with Gasteiger partial charge in [-0.1, -0.05) is 28.4 Å². The molecule has 2 heterocycles. The van der Waals surface area contributed by atoms with Gasteiger partial charge in [-0.25, -0.2) is 0 Å². The minimum atomic E-state index is -0.202. The lowest BCUT2D eigenvalue weighted by Gasteiger charge is -2.24. The third-order valence-electron chi connectivity index (χ3n) is 4.71. The van der Waals surface area contributed by atoms with Crippen LogP contribution in [0.5, 0.6) is 0 Å². The molecular weight excluding hydrogens is 411 g/mol. The molecule has 8 heteroatoms. The van der Waals surface area contributed by atoms with Crippen LogP contribution in [0.2, 0.25) is 10.0 Å². The highest BCUT2D eigenvalue weighted by Crippen LogP contribution is 2.30. The second-order valence-electron chi connectivity index (χ2n) is 8.51. The Hall–Kier alpha value is -1.60. The normalized spacial score (nSPS) is 16.6. The van der Waals surface area contributed by atoms with E-state index in [1.807, 2.05) is 32.9 Å². The van der Waals surface area contributed by atoms with Crippen LogP contribution in [0.25, 0.3) is 11.3 Å². The first-order valence-electron chi connectivity index (χ1n) is 9.86. The van der Waals surface area contributed by atoms with Gasteiger partial charge in [0.1, 0.15) is 5.69 Å². The number of amides is 1. The maximum atomic E-state index is 12.2. The van der Waals surface area contributed by atoms with Gasteiger partial charge in [0, 0.05) is 35.3 Å². The fourth-order valence-electron chi connectivity index (χ4n) is 3.43. The van der Waals surface area contributed by atoms with Crippen LogP contribution in [0, 0.1) is 0 Å². The van der Waals surface area contributed by atoms with Crippen LogP contribution in [-0.2, 0) is 11.3 Å². The number of aromatic nitrogens is 1. The number of rotatable bonds is 5. The molecule has 1 aliphatic rings. The summed E-state index contributed by atoms with van der Waals surface area (Å²) in [7, 11) is 0. The van der Waals surface area contributed by atoms with E-state index in [0.717, 1.165) is 43.9 Å². The first-order valence-corrected chi connectivity index (χ1v) is 10.6. The molecule has 1 amide bonds. The van der Waals surface area contributed by atoms with E-state index in [4.69, 9.17) is 27.7 Å². The van der Waals surface area contributed by atoms with Crippen LogP contribution in [0.4, 0.5) is 0 Å².